The predicted octanol–water partition coefficient (Wildman–Crippen LogP) is 1.50. The Hall–Kier alpha value is -1.07. The molecule has 0 aromatic carbocycles. The van der Waals surface area contributed by atoms with Crippen molar-refractivity contribution in [2.24, 2.45) is 5.41 Å². The third kappa shape index (κ3) is 2.30. The molecule has 1 aromatic heterocycles. The minimum absolute atomic E-state index is 0.0481. The van der Waals surface area contributed by atoms with Gasteiger partial charge in [0.15, 0.2) is 5.15 Å². The monoisotopic (exact) mass is 276 g/mol. The lowest BCUT2D eigenvalue weighted by Gasteiger charge is -2.13. The quantitative estimate of drug-likeness (QED) is 0.785. The number of aromatic nitrogens is 2. The van der Waals surface area contributed by atoms with E-state index in [4.69, 9.17) is 27.9 Å². The summed E-state index contributed by atoms with van der Waals surface area (Å²) in [5.41, 5.74) is -1.00. The molecule has 1 heterocycles. The van der Waals surface area contributed by atoms with Crippen molar-refractivity contribution in [3.8, 4) is 0 Å². The number of rotatable bonds is 3. The second-order valence-electron chi connectivity index (χ2n) is 4.05. The lowest BCUT2D eigenvalue weighted by Crippen LogP contribution is -2.31. The zero-order valence-electron chi connectivity index (χ0n) is 9.07. The minimum Gasteiger partial charge on any atom is -0.469 e. The molecule has 0 bridgehead atoms. The molecule has 5 nitrogen and oxygen atoms in total. The summed E-state index contributed by atoms with van der Waals surface area (Å²) in [5.74, 6) is -0.322. The molecule has 0 saturated heterocycles. The van der Waals surface area contributed by atoms with E-state index in [0.29, 0.717) is 12.8 Å². The summed E-state index contributed by atoms with van der Waals surface area (Å²) in [6.45, 7) is 0.176. The first-order chi connectivity index (χ1) is 7.98. The van der Waals surface area contributed by atoms with Gasteiger partial charge in [0.1, 0.15) is 0 Å². The van der Waals surface area contributed by atoms with Gasteiger partial charge in [-0.05, 0) is 12.8 Å². The number of hydrogen-bond acceptors (Lipinski definition) is 4. The van der Waals surface area contributed by atoms with Crippen molar-refractivity contribution in [3.63, 3.8) is 0 Å². The fraction of sp³-hybridized carbons (Fsp3) is 0.500. The van der Waals surface area contributed by atoms with E-state index >= 15 is 0 Å². The van der Waals surface area contributed by atoms with Crippen LogP contribution in [0.25, 0.3) is 0 Å². The molecule has 1 aromatic rings. The largest absolute Gasteiger partial charge is 0.469 e. The molecule has 1 fully saturated rings. The highest BCUT2D eigenvalue weighted by Gasteiger charge is 2.51. The zero-order chi connectivity index (χ0) is 12.6. The van der Waals surface area contributed by atoms with Gasteiger partial charge in [-0.2, -0.15) is 5.10 Å². The Bertz CT molecular complexity index is 523. The molecule has 0 N–H and O–H groups in total. The van der Waals surface area contributed by atoms with Crippen LogP contribution < -0.4 is 5.56 Å². The van der Waals surface area contributed by atoms with E-state index in [0.717, 1.165) is 4.68 Å². The van der Waals surface area contributed by atoms with E-state index in [2.05, 4.69) is 5.10 Å². The van der Waals surface area contributed by atoms with Crippen LogP contribution in [0.5, 0.6) is 0 Å². The molecule has 2 rings (SSSR count). The summed E-state index contributed by atoms with van der Waals surface area (Å²) < 4.78 is 5.85. The van der Waals surface area contributed by atoms with E-state index in [1.807, 2.05) is 0 Å². The maximum Gasteiger partial charge on any atom is 0.313 e. The molecule has 7 heteroatoms. The maximum atomic E-state index is 11.6. The van der Waals surface area contributed by atoms with Crippen molar-refractivity contribution in [2.75, 3.05) is 7.11 Å². The summed E-state index contributed by atoms with van der Waals surface area (Å²) in [4.78, 5) is 23.2. The molecule has 92 valence electrons. The van der Waals surface area contributed by atoms with Crippen LogP contribution in [0.15, 0.2) is 10.9 Å². The van der Waals surface area contributed by atoms with Gasteiger partial charge >= 0.3 is 5.97 Å². The smallest absolute Gasteiger partial charge is 0.313 e. The van der Waals surface area contributed by atoms with Gasteiger partial charge in [-0.3, -0.25) is 9.59 Å². The number of nitrogens with zero attached hydrogens (tertiary/aromatic N) is 2. The van der Waals surface area contributed by atoms with E-state index < -0.39 is 5.41 Å². The van der Waals surface area contributed by atoms with Crippen LogP contribution >= 0.6 is 23.2 Å². The molecule has 1 aliphatic carbocycles. The molecule has 0 spiro atoms. The predicted molar refractivity (Wildman–Crippen MR) is 62.2 cm³/mol. The average Bonchev–Trinajstić information content (AvgIpc) is 3.06. The Morgan fingerprint density at radius 3 is 2.76 bits per heavy atom. The summed E-state index contributed by atoms with van der Waals surface area (Å²) in [6, 6.07) is 1.18. The van der Waals surface area contributed by atoms with Gasteiger partial charge < -0.3 is 4.74 Å². The Labute approximate surface area is 107 Å². The number of ether oxygens (including phenoxy) is 1. The molecular weight excluding hydrogens is 267 g/mol. The first-order valence-corrected chi connectivity index (χ1v) is 5.76. The molecule has 0 amide bonds. The minimum atomic E-state index is -0.622. The van der Waals surface area contributed by atoms with Crippen molar-refractivity contribution in [1.29, 1.82) is 0 Å². The van der Waals surface area contributed by atoms with Crippen molar-refractivity contribution < 1.29 is 9.53 Å². The number of hydrogen-bond donors (Lipinski definition) is 0. The normalized spacial score (nSPS) is 16.6. The SMILES string of the molecule is COC(=O)C1(Cn2nc(Cl)c(Cl)cc2=O)CC1. The van der Waals surface area contributed by atoms with E-state index in [1.165, 1.54) is 13.2 Å². The molecule has 0 atom stereocenters. The van der Waals surface area contributed by atoms with Crippen LogP contribution in [0.3, 0.4) is 0 Å². The second-order valence-corrected chi connectivity index (χ2v) is 4.82. The topological polar surface area (TPSA) is 61.2 Å². The standard InChI is InChI=1S/C10H10Cl2N2O3/c1-17-9(16)10(2-3-10)5-14-7(15)4-6(11)8(12)13-14/h4H,2-3,5H2,1H3. The Morgan fingerprint density at radius 1 is 1.59 bits per heavy atom. The van der Waals surface area contributed by atoms with Crippen LogP contribution in [0.1, 0.15) is 12.8 Å². The number of esters is 1. The third-order valence-corrected chi connectivity index (χ3v) is 3.50. The Balaban J connectivity index is 2.28. The van der Waals surface area contributed by atoms with Gasteiger partial charge in [-0.25, -0.2) is 4.68 Å². The molecule has 0 unspecified atom stereocenters. The van der Waals surface area contributed by atoms with Gasteiger partial charge in [-0.1, -0.05) is 23.2 Å². The first kappa shape index (κ1) is 12.4. The molecule has 0 aliphatic heterocycles. The number of carbonyl (C=O) groups excluding carboxylic acids is 1. The van der Waals surface area contributed by atoms with E-state index in [-0.39, 0.29) is 28.2 Å². The number of carbonyl (C=O) groups is 1. The summed E-state index contributed by atoms with van der Waals surface area (Å²) in [5, 5.41) is 4.00. The van der Waals surface area contributed by atoms with E-state index in [9.17, 15) is 9.59 Å². The summed E-state index contributed by atoms with van der Waals surface area (Å²) in [7, 11) is 1.33. The maximum absolute atomic E-state index is 11.6. The molecule has 1 aliphatic rings. The molecule has 0 radical (unpaired) electrons. The van der Waals surface area contributed by atoms with Crippen molar-refractivity contribution in [1.82, 2.24) is 9.78 Å². The zero-order valence-corrected chi connectivity index (χ0v) is 10.6. The van der Waals surface area contributed by atoms with Gasteiger partial charge in [0, 0.05) is 6.07 Å². The number of methoxy groups -OCH3 is 1. The van der Waals surface area contributed by atoms with Crippen LogP contribution in [0.4, 0.5) is 0 Å². The number of halogens is 2. The third-order valence-electron chi connectivity index (χ3n) is 2.83. The Kier molecular flexibility index (Phi) is 3.14. The highest BCUT2D eigenvalue weighted by atomic mass is 35.5. The van der Waals surface area contributed by atoms with Crippen molar-refractivity contribution >= 4 is 29.2 Å². The summed E-state index contributed by atoms with van der Waals surface area (Å²) in [6.07, 6.45) is 1.38. The molecular formula is C10H10Cl2N2O3. The average molecular weight is 277 g/mol. The lowest BCUT2D eigenvalue weighted by atomic mass is 10.1. The fourth-order valence-corrected chi connectivity index (χ4v) is 1.92. The van der Waals surface area contributed by atoms with Crippen LogP contribution in [0, 0.1) is 5.41 Å². The molecule has 17 heavy (non-hydrogen) atoms. The van der Waals surface area contributed by atoms with Gasteiger partial charge in [0.2, 0.25) is 0 Å². The second kappa shape index (κ2) is 4.31. The van der Waals surface area contributed by atoms with Crippen LogP contribution in [-0.4, -0.2) is 22.9 Å². The van der Waals surface area contributed by atoms with Crippen molar-refractivity contribution in [3.05, 3.63) is 26.6 Å². The Morgan fingerprint density at radius 2 is 2.24 bits per heavy atom. The fourth-order valence-electron chi connectivity index (χ4n) is 1.64. The molecule has 1 saturated carbocycles. The highest BCUT2D eigenvalue weighted by Crippen LogP contribution is 2.47. The van der Waals surface area contributed by atoms with Gasteiger partial charge in [0.25, 0.3) is 5.56 Å². The van der Waals surface area contributed by atoms with Gasteiger partial charge in [0.05, 0.1) is 24.1 Å². The van der Waals surface area contributed by atoms with Crippen molar-refractivity contribution in [2.45, 2.75) is 19.4 Å². The lowest BCUT2D eigenvalue weighted by molar-refractivity contribution is -0.147. The van der Waals surface area contributed by atoms with E-state index in [1.54, 1.807) is 0 Å². The van der Waals surface area contributed by atoms with Gasteiger partial charge in [-0.15, -0.1) is 0 Å². The summed E-state index contributed by atoms with van der Waals surface area (Å²) >= 11 is 11.4. The first-order valence-electron chi connectivity index (χ1n) is 5.00. The van der Waals surface area contributed by atoms with Crippen LogP contribution in [-0.2, 0) is 16.1 Å². The highest BCUT2D eigenvalue weighted by molar-refractivity contribution is 6.41. The van der Waals surface area contributed by atoms with Crippen LogP contribution in [0.2, 0.25) is 10.2 Å².